The van der Waals surface area contributed by atoms with Crippen molar-refractivity contribution in [1.82, 2.24) is 4.90 Å². The molecule has 0 bridgehead atoms. The number of halogens is 3. The Bertz CT molecular complexity index is 1320. The summed E-state index contributed by atoms with van der Waals surface area (Å²) in [5.74, 6) is -0.725. The highest BCUT2D eigenvalue weighted by Gasteiger charge is 2.34. The van der Waals surface area contributed by atoms with Crippen molar-refractivity contribution in [3.05, 3.63) is 83.4 Å². The van der Waals surface area contributed by atoms with Crippen LogP contribution in [0, 0.1) is 0 Å². The van der Waals surface area contributed by atoms with E-state index in [0.717, 1.165) is 28.8 Å². The maximum absolute atomic E-state index is 12.9. The van der Waals surface area contributed by atoms with Gasteiger partial charge in [0.25, 0.3) is 5.91 Å². The van der Waals surface area contributed by atoms with Crippen LogP contribution in [0.4, 0.5) is 29.3 Å². The van der Waals surface area contributed by atoms with Crippen molar-refractivity contribution < 1.29 is 32.3 Å². The molecule has 1 aliphatic heterocycles. The van der Waals surface area contributed by atoms with Gasteiger partial charge in [-0.25, -0.2) is 9.59 Å². The minimum Gasteiger partial charge on any atom is -0.467 e. The third-order valence-electron chi connectivity index (χ3n) is 5.87. The lowest BCUT2D eigenvalue weighted by Crippen LogP contribution is -2.39. The number of methoxy groups -OCH3 is 1. The predicted molar refractivity (Wildman–Crippen MR) is 127 cm³/mol. The van der Waals surface area contributed by atoms with Crippen molar-refractivity contribution >= 4 is 29.3 Å². The van der Waals surface area contributed by atoms with Crippen LogP contribution in [0.5, 0.6) is 0 Å². The lowest BCUT2D eigenvalue weighted by molar-refractivity contribution is -0.145. The standard InChI is InChI=1S/C26H22F3N3O4/c1-15(24(34)36-2)32-14-18-12-17(8-11-22(18)23(32)33)16-6-9-20(10-7-16)30-25(35)31-21-5-3-4-19(13-21)26(27,28)29/h3-13,15H,14H2,1-2H3,(H2,30,31,35)/t15-/m0/s1. The normalized spacial score (nSPS) is 13.7. The number of carbonyl (C=O) groups is 3. The van der Waals surface area contributed by atoms with Gasteiger partial charge < -0.3 is 20.3 Å². The molecule has 0 aromatic heterocycles. The Kier molecular flexibility index (Phi) is 6.69. The molecule has 7 nitrogen and oxygen atoms in total. The van der Waals surface area contributed by atoms with E-state index in [1.165, 1.54) is 24.1 Å². The number of fused-ring (bicyclic) bond motifs is 1. The summed E-state index contributed by atoms with van der Waals surface area (Å²) < 4.78 is 43.3. The predicted octanol–water partition coefficient (Wildman–Crippen LogP) is 5.53. The first-order valence-electron chi connectivity index (χ1n) is 10.9. The van der Waals surface area contributed by atoms with Crippen LogP contribution in [0.2, 0.25) is 0 Å². The van der Waals surface area contributed by atoms with E-state index in [1.54, 1.807) is 43.3 Å². The third kappa shape index (κ3) is 5.17. The van der Waals surface area contributed by atoms with Gasteiger partial charge in [-0.2, -0.15) is 13.2 Å². The molecule has 2 N–H and O–H groups in total. The molecule has 0 saturated carbocycles. The molecule has 1 heterocycles. The van der Waals surface area contributed by atoms with Crippen LogP contribution in [-0.2, 0) is 22.3 Å². The number of rotatable bonds is 5. The second-order valence-corrected chi connectivity index (χ2v) is 8.24. The zero-order valence-electron chi connectivity index (χ0n) is 19.3. The van der Waals surface area contributed by atoms with E-state index in [0.29, 0.717) is 11.3 Å². The quantitative estimate of drug-likeness (QED) is 0.454. The van der Waals surface area contributed by atoms with Crippen LogP contribution in [0.3, 0.4) is 0 Å². The van der Waals surface area contributed by atoms with Gasteiger partial charge in [0.15, 0.2) is 0 Å². The van der Waals surface area contributed by atoms with Gasteiger partial charge in [0.2, 0.25) is 0 Å². The molecule has 1 atom stereocenters. The summed E-state index contributed by atoms with van der Waals surface area (Å²) in [6, 6.07) is 15.2. The number of nitrogens with zero attached hydrogens (tertiary/aromatic N) is 1. The second kappa shape index (κ2) is 9.73. The average Bonchev–Trinajstić information content (AvgIpc) is 3.18. The molecule has 0 spiro atoms. The van der Waals surface area contributed by atoms with Crippen LogP contribution in [-0.4, -0.2) is 36.0 Å². The Morgan fingerprint density at radius 1 is 0.944 bits per heavy atom. The summed E-state index contributed by atoms with van der Waals surface area (Å²) in [7, 11) is 1.28. The zero-order valence-corrected chi connectivity index (χ0v) is 19.3. The highest BCUT2D eigenvalue weighted by Crippen LogP contribution is 2.32. The van der Waals surface area contributed by atoms with E-state index in [2.05, 4.69) is 10.6 Å². The molecule has 0 saturated heterocycles. The summed E-state index contributed by atoms with van der Waals surface area (Å²) in [5, 5.41) is 4.97. The molecule has 0 unspecified atom stereocenters. The Balaban J connectivity index is 1.43. The molecule has 0 radical (unpaired) electrons. The number of amides is 3. The van der Waals surface area contributed by atoms with E-state index in [9.17, 15) is 27.6 Å². The Morgan fingerprint density at radius 3 is 2.28 bits per heavy atom. The highest BCUT2D eigenvalue weighted by molar-refractivity contribution is 6.01. The first-order valence-corrected chi connectivity index (χ1v) is 10.9. The second-order valence-electron chi connectivity index (χ2n) is 8.24. The van der Waals surface area contributed by atoms with Crippen LogP contribution in [0.1, 0.15) is 28.4 Å². The molecule has 0 fully saturated rings. The third-order valence-corrected chi connectivity index (χ3v) is 5.87. The minimum absolute atomic E-state index is 0.0159. The number of carbonyl (C=O) groups excluding carboxylic acids is 3. The molecule has 36 heavy (non-hydrogen) atoms. The van der Waals surface area contributed by atoms with Gasteiger partial charge in [0.1, 0.15) is 6.04 Å². The van der Waals surface area contributed by atoms with E-state index in [4.69, 9.17) is 4.74 Å². The topological polar surface area (TPSA) is 87.7 Å². The SMILES string of the molecule is COC(=O)[C@H](C)N1Cc2cc(-c3ccc(NC(=O)Nc4cccc(C(F)(F)F)c4)cc3)ccc2C1=O. The fourth-order valence-electron chi connectivity index (χ4n) is 3.95. The molecule has 4 rings (SSSR count). The number of anilines is 2. The Labute approximate surface area is 204 Å². The average molecular weight is 497 g/mol. The number of hydrogen-bond donors (Lipinski definition) is 2. The number of benzene rings is 3. The molecular formula is C26H22F3N3O4. The van der Waals surface area contributed by atoms with Gasteiger partial charge in [0.05, 0.1) is 12.7 Å². The van der Waals surface area contributed by atoms with Gasteiger partial charge in [0, 0.05) is 23.5 Å². The molecule has 186 valence electrons. The number of hydrogen-bond acceptors (Lipinski definition) is 4. The summed E-state index contributed by atoms with van der Waals surface area (Å²) in [6.45, 7) is 1.90. The van der Waals surface area contributed by atoms with Crippen LogP contribution < -0.4 is 10.6 Å². The molecule has 3 aromatic carbocycles. The van der Waals surface area contributed by atoms with Gasteiger partial charge in [-0.1, -0.05) is 24.3 Å². The summed E-state index contributed by atoms with van der Waals surface area (Å²) >= 11 is 0. The van der Waals surface area contributed by atoms with E-state index in [-0.39, 0.29) is 18.1 Å². The molecule has 1 aliphatic rings. The van der Waals surface area contributed by atoms with Gasteiger partial charge >= 0.3 is 18.2 Å². The Hall–Kier alpha value is -4.34. The molecular weight excluding hydrogens is 475 g/mol. The zero-order chi connectivity index (χ0) is 26.0. The number of nitrogens with one attached hydrogen (secondary N) is 2. The maximum Gasteiger partial charge on any atom is 0.416 e. The monoisotopic (exact) mass is 497 g/mol. The largest absolute Gasteiger partial charge is 0.467 e. The van der Waals surface area contributed by atoms with Gasteiger partial charge in [-0.05, 0) is 66.1 Å². The maximum atomic E-state index is 12.9. The van der Waals surface area contributed by atoms with E-state index < -0.39 is 29.8 Å². The van der Waals surface area contributed by atoms with Crippen LogP contribution in [0.25, 0.3) is 11.1 Å². The van der Waals surface area contributed by atoms with Crippen LogP contribution in [0.15, 0.2) is 66.7 Å². The van der Waals surface area contributed by atoms with E-state index >= 15 is 0 Å². The van der Waals surface area contributed by atoms with E-state index in [1.807, 2.05) is 6.07 Å². The van der Waals surface area contributed by atoms with Crippen molar-refractivity contribution in [2.75, 3.05) is 17.7 Å². The minimum atomic E-state index is -4.51. The summed E-state index contributed by atoms with van der Waals surface area (Å²) in [4.78, 5) is 38.2. The van der Waals surface area contributed by atoms with Gasteiger partial charge in [-0.3, -0.25) is 4.79 Å². The lowest BCUT2D eigenvalue weighted by atomic mass is 10.0. The number of urea groups is 1. The highest BCUT2D eigenvalue weighted by atomic mass is 19.4. The van der Waals surface area contributed by atoms with Crippen molar-refractivity contribution in [3.63, 3.8) is 0 Å². The van der Waals surface area contributed by atoms with Crippen molar-refractivity contribution in [1.29, 1.82) is 0 Å². The summed E-state index contributed by atoms with van der Waals surface area (Å²) in [6.07, 6.45) is -4.51. The molecule has 3 amide bonds. The first-order chi connectivity index (χ1) is 17.1. The lowest BCUT2D eigenvalue weighted by Gasteiger charge is -2.21. The van der Waals surface area contributed by atoms with Crippen molar-refractivity contribution in [2.45, 2.75) is 25.7 Å². The van der Waals surface area contributed by atoms with Crippen LogP contribution >= 0.6 is 0 Å². The molecule has 0 aliphatic carbocycles. The summed E-state index contributed by atoms with van der Waals surface area (Å²) in [5.41, 5.74) is 2.58. The van der Waals surface area contributed by atoms with Crippen molar-refractivity contribution in [2.24, 2.45) is 0 Å². The smallest absolute Gasteiger partial charge is 0.416 e. The number of ether oxygens (including phenoxy) is 1. The van der Waals surface area contributed by atoms with Gasteiger partial charge in [-0.15, -0.1) is 0 Å². The van der Waals surface area contributed by atoms with Crippen molar-refractivity contribution in [3.8, 4) is 11.1 Å². The Morgan fingerprint density at radius 2 is 1.61 bits per heavy atom. The first kappa shape index (κ1) is 24.8. The molecule has 10 heteroatoms. The number of alkyl halides is 3. The fourth-order valence-corrected chi connectivity index (χ4v) is 3.95. The molecule has 3 aromatic rings. The number of esters is 1. The fraction of sp³-hybridized carbons (Fsp3) is 0.192.